The maximum atomic E-state index is 11.6. The van der Waals surface area contributed by atoms with Gasteiger partial charge in [-0.3, -0.25) is 9.79 Å². The Balaban J connectivity index is 2.23. The maximum absolute atomic E-state index is 11.6. The number of nitrogens with two attached hydrogens (primary N) is 2. The quantitative estimate of drug-likeness (QED) is 0.480. The molecule has 1 aliphatic heterocycles. The van der Waals surface area contributed by atoms with Gasteiger partial charge in [-0.25, -0.2) is 0 Å². The minimum atomic E-state index is 0.0523. The number of amides is 1. The number of carbonyl (C=O) groups excluding carboxylic acids is 1. The highest BCUT2D eigenvalue weighted by Gasteiger charge is 2.15. The van der Waals surface area contributed by atoms with Gasteiger partial charge in [-0.1, -0.05) is 0 Å². The van der Waals surface area contributed by atoms with Crippen LogP contribution in [0.5, 0.6) is 0 Å². The van der Waals surface area contributed by atoms with Gasteiger partial charge in [-0.05, 0) is 19.3 Å². The summed E-state index contributed by atoms with van der Waals surface area (Å²) in [4.78, 5) is 17.2. The summed E-state index contributed by atoms with van der Waals surface area (Å²) in [6, 6.07) is 0. The number of hydrogen-bond donors (Lipinski definition) is 2. The van der Waals surface area contributed by atoms with Crippen LogP contribution in [0.25, 0.3) is 0 Å². The standard InChI is InChI=1S/C9H18N4O/c10-9(11)12-5-4-8(14)13-6-2-1-3-7-13/h1-7H2,(H4,10,11,12). The van der Waals surface area contributed by atoms with Crippen LogP contribution < -0.4 is 11.5 Å². The molecule has 1 heterocycles. The van der Waals surface area contributed by atoms with Gasteiger partial charge in [-0.2, -0.15) is 0 Å². The molecule has 0 radical (unpaired) electrons. The molecule has 1 amide bonds. The van der Waals surface area contributed by atoms with Crippen LogP contribution in [0.1, 0.15) is 25.7 Å². The van der Waals surface area contributed by atoms with Crippen molar-refractivity contribution in [3.63, 3.8) is 0 Å². The lowest BCUT2D eigenvalue weighted by atomic mass is 10.1. The number of likely N-dealkylation sites (tertiary alicyclic amines) is 1. The second-order valence-electron chi connectivity index (χ2n) is 3.50. The normalized spacial score (nSPS) is 16.4. The first-order chi connectivity index (χ1) is 6.70. The number of guanidine groups is 1. The molecule has 0 aromatic carbocycles. The summed E-state index contributed by atoms with van der Waals surface area (Å²) in [6.45, 7) is 2.18. The summed E-state index contributed by atoms with van der Waals surface area (Å²) in [5.41, 5.74) is 10.3. The lowest BCUT2D eigenvalue weighted by Gasteiger charge is -2.26. The topological polar surface area (TPSA) is 84.7 Å². The Bertz CT molecular complexity index is 217. The van der Waals surface area contributed by atoms with E-state index in [4.69, 9.17) is 11.5 Å². The fourth-order valence-electron chi connectivity index (χ4n) is 1.58. The minimum absolute atomic E-state index is 0.0523. The molecular weight excluding hydrogens is 180 g/mol. The zero-order valence-corrected chi connectivity index (χ0v) is 8.41. The first kappa shape index (κ1) is 10.8. The van der Waals surface area contributed by atoms with Gasteiger partial charge < -0.3 is 16.4 Å². The molecule has 80 valence electrons. The lowest BCUT2D eigenvalue weighted by Crippen LogP contribution is -2.36. The molecule has 0 unspecified atom stereocenters. The highest BCUT2D eigenvalue weighted by atomic mass is 16.2. The van der Waals surface area contributed by atoms with E-state index in [0.717, 1.165) is 25.9 Å². The van der Waals surface area contributed by atoms with E-state index in [2.05, 4.69) is 4.99 Å². The Morgan fingerprint density at radius 3 is 2.43 bits per heavy atom. The van der Waals surface area contributed by atoms with Crippen molar-refractivity contribution in [2.45, 2.75) is 25.7 Å². The number of piperidine rings is 1. The second kappa shape index (κ2) is 5.47. The van der Waals surface area contributed by atoms with Gasteiger partial charge in [0.15, 0.2) is 5.96 Å². The van der Waals surface area contributed by atoms with Crippen molar-refractivity contribution >= 4 is 11.9 Å². The van der Waals surface area contributed by atoms with E-state index in [1.54, 1.807) is 0 Å². The van der Waals surface area contributed by atoms with Crippen molar-refractivity contribution in [2.24, 2.45) is 16.5 Å². The Hall–Kier alpha value is -1.26. The molecule has 0 bridgehead atoms. The number of hydrogen-bond acceptors (Lipinski definition) is 2. The van der Waals surface area contributed by atoms with E-state index >= 15 is 0 Å². The Labute approximate surface area is 84.1 Å². The molecule has 0 aromatic heterocycles. The molecule has 14 heavy (non-hydrogen) atoms. The monoisotopic (exact) mass is 198 g/mol. The largest absolute Gasteiger partial charge is 0.370 e. The van der Waals surface area contributed by atoms with Gasteiger partial charge in [0.25, 0.3) is 0 Å². The summed E-state index contributed by atoms with van der Waals surface area (Å²) >= 11 is 0. The number of rotatable bonds is 3. The van der Waals surface area contributed by atoms with Crippen LogP contribution in [0.15, 0.2) is 4.99 Å². The first-order valence-electron chi connectivity index (χ1n) is 5.03. The van der Waals surface area contributed by atoms with E-state index in [9.17, 15) is 4.79 Å². The van der Waals surface area contributed by atoms with Gasteiger partial charge in [0.1, 0.15) is 0 Å². The zero-order chi connectivity index (χ0) is 10.4. The van der Waals surface area contributed by atoms with E-state index in [1.807, 2.05) is 4.90 Å². The van der Waals surface area contributed by atoms with Crippen LogP contribution in [0.3, 0.4) is 0 Å². The highest BCUT2D eigenvalue weighted by Crippen LogP contribution is 2.09. The van der Waals surface area contributed by atoms with Crippen LogP contribution in [0.4, 0.5) is 0 Å². The fourth-order valence-corrected chi connectivity index (χ4v) is 1.58. The number of aliphatic imine (C=N–C) groups is 1. The van der Waals surface area contributed by atoms with Gasteiger partial charge in [-0.15, -0.1) is 0 Å². The molecule has 4 N–H and O–H groups in total. The fraction of sp³-hybridized carbons (Fsp3) is 0.778. The third-order valence-electron chi connectivity index (χ3n) is 2.33. The molecule has 1 rings (SSSR count). The molecule has 1 fully saturated rings. The molecule has 5 heteroatoms. The van der Waals surface area contributed by atoms with Gasteiger partial charge >= 0.3 is 0 Å². The van der Waals surface area contributed by atoms with Crippen LogP contribution in [0.2, 0.25) is 0 Å². The van der Waals surface area contributed by atoms with Crippen LogP contribution >= 0.6 is 0 Å². The second-order valence-corrected chi connectivity index (χ2v) is 3.50. The first-order valence-corrected chi connectivity index (χ1v) is 5.03. The van der Waals surface area contributed by atoms with Gasteiger partial charge in [0.05, 0.1) is 6.54 Å². The zero-order valence-electron chi connectivity index (χ0n) is 8.41. The Morgan fingerprint density at radius 1 is 1.21 bits per heavy atom. The van der Waals surface area contributed by atoms with E-state index in [-0.39, 0.29) is 11.9 Å². The molecule has 1 saturated heterocycles. The van der Waals surface area contributed by atoms with Gasteiger partial charge in [0.2, 0.25) is 5.91 Å². The van der Waals surface area contributed by atoms with Crippen LogP contribution in [-0.4, -0.2) is 36.4 Å². The third kappa shape index (κ3) is 3.64. The predicted molar refractivity (Wildman–Crippen MR) is 55.7 cm³/mol. The van der Waals surface area contributed by atoms with Crippen molar-refractivity contribution in [3.8, 4) is 0 Å². The average molecular weight is 198 g/mol. The molecule has 0 saturated carbocycles. The average Bonchev–Trinajstić information content (AvgIpc) is 2.18. The van der Waals surface area contributed by atoms with E-state index < -0.39 is 0 Å². The summed E-state index contributed by atoms with van der Waals surface area (Å²) < 4.78 is 0. The molecule has 0 atom stereocenters. The van der Waals surface area contributed by atoms with Crippen molar-refractivity contribution in [2.75, 3.05) is 19.6 Å². The highest BCUT2D eigenvalue weighted by molar-refractivity contribution is 5.78. The molecule has 0 spiro atoms. The number of carbonyl (C=O) groups is 1. The molecule has 5 nitrogen and oxygen atoms in total. The predicted octanol–water partition coefficient (Wildman–Crippen LogP) is -0.338. The Morgan fingerprint density at radius 2 is 1.86 bits per heavy atom. The van der Waals surface area contributed by atoms with Crippen LogP contribution in [-0.2, 0) is 4.79 Å². The van der Waals surface area contributed by atoms with Crippen LogP contribution in [0, 0.1) is 0 Å². The van der Waals surface area contributed by atoms with Crippen molar-refractivity contribution in [1.82, 2.24) is 4.90 Å². The third-order valence-corrected chi connectivity index (χ3v) is 2.33. The molecule has 0 aromatic rings. The number of nitrogens with zero attached hydrogens (tertiary/aromatic N) is 2. The van der Waals surface area contributed by atoms with Gasteiger partial charge in [0, 0.05) is 19.5 Å². The maximum Gasteiger partial charge on any atom is 0.224 e. The smallest absolute Gasteiger partial charge is 0.224 e. The van der Waals surface area contributed by atoms with E-state index in [1.165, 1.54) is 6.42 Å². The van der Waals surface area contributed by atoms with Crippen molar-refractivity contribution in [1.29, 1.82) is 0 Å². The SMILES string of the molecule is NC(N)=NCCC(=O)N1CCCCC1. The summed E-state index contributed by atoms with van der Waals surface area (Å²) in [7, 11) is 0. The summed E-state index contributed by atoms with van der Waals surface area (Å²) in [6.07, 6.45) is 3.89. The molecule has 1 aliphatic rings. The molecule has 0 aliphatic carbocycles. The van der Waals surface area contributed by atoms with Crippen molar-refractivity contribution < 1.29 is 4.79 Å². The summed E-state index contributed by atoms with van der Waals surface area (Å²) in [5, 5.41) is 0. The lowest BCUT2D eigenvalue weighted by molar-refractivity contribution is -0.131. The van der Waals surface area contributed by atoms with E-state index in [0.29, 0.717) is 13.0 Å². The summed E-state index contributed by atoms with van der Waals surface area (Å²) in [5.74, 6) is 0.214. The molecular formula is C9H18N4O. The minimum Gasteiger partial charge on any atom is -0.370 e. The van der Waals surface area contributed by atoms with Crippen molar-refractivity contribution in [3.05, 3.63) is 0 Å². The Kier molecular flexibility index (Phi) is 4.22.